The highest BCUT2D eigenvalue weighted by atomic mass is 35.5. The summed E-state index contributed by atoms with van der Waals surface area (Å²) in [5.74, 6) is -0.0274. The van der Waals surface area contributed by atoms with E-state index in [1.807, 2.05) is 26.2 Å². The molecule has 1 amide bonds. The fourth-order valence-electron chi connectivity index (χ4n) is 1.40. The van der Waals surface area contributed by atoms with Crippen LogP contribution in [-0.4, -0.2) is 44.5 Å². The first-order valence-corrected chi connectivity index (χ1v) is 6.37. The van der Waals surface area contributed by atoms with Crippen molar-refractivity contribution >= 4 is 23.2 Å². The van der Waals surface area contributed by atoms with Crippen molar-refractivity contribution < 1.29 is 4.79 Å². The van der Waals surface area contributed by atoms with E-state index < -0.39 is 0 Å². The summed E-state index contributed by atoms with van der Waals surface area (Å²) >= 11 is 5.95. The zero-order chi connectivity index (χ0) is 13.4. The van der Waals surface area contributed by atoms with Gasteiger partial charge < -0.3 is 15.5 Å². The highest BCUT2D eigenvalue weighted by molar-refractivity contribution is 6.33. The number of nitrogens with zero attached hydrogens (tertiary/aromatic N) is 1. The summed E-state index contributed by atoms with van der Waals surface area (Å²) in [6.07, 6.45) is 0.443. The number of likely N-dealkylation sites (N-methyl/N-ethyl adjacent to an activating group) is 1. The molecule has 5 heteroatoms. The van der Waals surface area contributed by atoms with Crippen LogP contribution >= 0.6 is 11.6 Å². The van der Waals surface area contributed by atoms with Crippen LogP contribution in [0.2, 0.25) is 5.02 Å². The molecule has 0 spiro atoms. The van der Waals surface area contributed by atoms with Crippen molar-refractivity contribution in [1.82, 2.24) is 10.2 Å². The SMILES string of the molecule is CN(C)CCNCCC(=O)Nc1ccccc1Cl. The minimum Gasteiger partial charge on any atom is -0.325 e. The maximum absolute atomic E-state index is 11.6. The summed E-state index contributed by atoms with van der Waals surface area (Å²) in [6, 6.07) is 7.23. The predicted molar refractivity (Wildman–Crippen MR) is 76.1 cm³/mol. The van der Waals surface area contributed by atoms with E-state index in [2.05, 4.69) is 15.5 Å². The second-order valence-electron chi connectivity index (χ2n) is 4.33. The minimum atomic E-state index is -0.0274. The van der Waals surface area contributed by atoms with Crippen LogP contribution in [0.15, 0.2) is 24.3 Å². The number of benzene rings is 1. The Morgan fingerprint density at radius 3 is 2.67 bits per heavy atom. The Morgan fingerprint density at radius 1 is 1.28 bits per heavy atom. The van der Waals surface area contributed by atoms with Gasteiger partial charge in [-0.25, -0.2) is 0 Å². The van der Waals surface area contributed by atoms with Gasteiger partial charge in [0.2, 0.25) is 5.91 Å². The third-order valence-electron chi connectivity index (χ3n) is 2.41. The van der Waals surface area contributed by atoms with E-state index in [-0.39, 0.29) is 5.91 Å². The molecule has 0 aliphatic rings. The highest BCUT2D eigenvalue weighted by Crippen LogP contribution is 2.20. The monoisotopic (exact) mass is 269 g/mol. The van der Waals surface area contributed by atoms with E-state index in [1.165, 1.54) is 0 Å². The van der Waals surface area contributed by atoms with Gasteiger partial charge in [-0.05, 0) is 26.2 Å². The topological polar surface area (TPSA) is 44.4 Å². The molecule has 0 heterocycles. The van der Waals surface area contributed by atoms with Crippen molar-refractivity contribution in [3.05, 3.63) is 29.3 Å². The number of hydrogen-bond donors (Lipinski definition) is 2. The molecule has 0 saturated carbocycles. The smallest absolute Gasteiger partial charge is 0.225 e. The number of para-hydroxylation sites is 1. The van der Waals surface area contributed by atoms with Gasteiger partial charge in [0.15, 0.2) is 0 Å². The zero-order valence-electron chi connectivity index (χ0n) is 10.9. The Balaban J connectivity index is 2.20. The Hall–Kier alpha value is -1.10. The van der Waals surface area contributed by atoms with Crippen molar-refractivity contribution in [2.75, 3.05) is 39.0 Å². The molecule has 0 bridgehead atoms. The van der Waals surface area contributed by atoms with Crippen molar-refractivity contribution in [2.24, 2.45) is 0 Å². The van der Waals surface area contributed by atoms with Crippen molar-refractivity contribution in [3.63, 3.8) is 0 Å². The number of carbonyl (C=O) groups is 1. The normalized spacial score (nSPS) is 10.7. The minimum absolute atomic E-state index is 0.0274. The first-order valence-electron chi connectivity index (χ1n) is 5.99. The number of carbonyl (C=O) groups excluding carboxylic acids is 1. The molecule has 0 radical (unpaired) electrons. The van der Waals surface area contributed by atoms with Crippen molar-refractivity contribution in [1.29, 1.82) is 0 Å². The van der Waals surface area contributed by atoms with Crippen LogP contribution in [0.5, 0.6) is 0 Å². The molecule has 0 aliphatic carbocycles. The molecule has 0 atom stereocenters. The molecule has 1 rings (SSSR count). The Morgan fingerprint density at radius 2 is 2.00 bits per heavy atom. The molecule has 1 aromatic rings. The zero-order valence-corrected chi connectivity index (χ0v) is 11.6. The molecule has 0 unspecified atom stereocenters. The summed E-state index contributed by atoms with van der Waals surface area (Å²) in [7, 11) is 4.04. The highest BCUT2D eigenvalue weighted by Gasteiger charge is 2.04. The number of halogens is 1. The molecular formula is C13H20ClN3O. The molecule has 0 aromatic heterocycles. The van der Waals surface area contributed by atoms with Crippen LogP contribution in [0.1, 0.15) is 6.42 Å². The van der Waals surface area contributed by atoms with Crippen molar-refractivity contribution in [2.45, 2.75) is 6.42 Å². The lowest BCUT2D eigenvalue weighted by molar-refractivity contribution is -0.116. The van der Waals surface area contributed by atoms with Gasteiger partial charge in [-0.3, -0.25) is 4.79 Å². The number of nitrogens with one attached hydrogen (secondary N) is 2. The maximum atomic E-state index is 11.6. The van der Waals surface area contributed by atoms with Crippen LogP contribution in [0, 0.1) is 0 Å². The van der Waals surface area contributed by atoms with Gasteiger partial charge in [0.05, 0.1) is 10.7 Å². The number of rotatable bonds is 7. The van der Waals surface area contributed by atoms with E-state index in [0.29, 0.717) is 23.7 Å². The summed E-state index contributed by atoms with van der Waals surface area (Å²) in [6.45, 7) is 2.52. The summed E-state index contributed by atoms with van der Waals surface area (Å²) in [5, 5.41) is 6.56. The van der Waals surface area contributed by atoms with Gasteiger partial charge in [0.1, 0.15) is 0 Å². The molecule has 4 nitrogen and oxygen atoms in total. The predicted octanol–water partition coefficient (Wildman–Crippen LogP) is 1.82. The van der Waals surface area contributed by atoms with Gasteiger partial charge in [0.25, 0.3) is 0 Å². The van der Waals surface area contributed by atoms with Crippen LogP contribution in [0.25, 0.3) is 0 Å². The lowest BCUT2D eigenvalue weighted by Crippen LogP contribution is -2.29. The van der Waals surface area contributed by atoms with E-state index in [0.717, 1.165) is 13.1 Å². The van der Waals surface area contributed by atoms with E-state index in [1.54, 1.807) is 12.1 Å². The van der Waals surface area contributed by atoms with Crippen LogP contribution in [-0.2, 0) is 4.79 Å². The van der Waals surface area contributed by atoms with E-state index in [4.69, 9.17) is 11.6 Å². The standard InChI is InChI=1S/C13H20ClN3O/c1-17(2)10-9-15-8-7-13(18)16-12-6-4-3-5-11(12)14/h3-6,15H,7-10H2,1-2H3,(H,16,18). The molecular weight excluding hydrogens is 250 g/mol. The molecule has 0 fully saturated rings. The molecule has 100 valence electrons. The summed E-state index contributed by atoms with van der Waals surface area (Å²) < 4.78 is 0. The van der Waals surface area contributed by atoms with Gasteiger partial charge in [-0.1, -0.05) is 23.7 Å². The van der Waals surface area contributed by atoms with Crippen LogP contribution < -0.4 is 10.6 Å². The third-order valence-corrected chi connectivity index (χ3v) is 2.74. The van der Waals surface area contributed by atoms with Gasteiger partial charge >= 0.3 is 0 Å². The van der Waals surface area contributed by atoms with Gasteiger partial charge in [-0.2, -0.15) is 0 Å². The molecule has 0 saturated heterocycles. The van der Waals surface area contributed by atoms with Crippen LogP contribution in [0.3, 0.4) is 0 Å². The second kappa shape index (κ2) is 8.08. The molecule has 1 aromatic carbocycles. The van der Waals surface area contributed by atoms with Gasteiger partial charge in [0, 0.05) is 26.1 Å². The lowest BCUT2D eigenvalue weighted by Gasteiger charge is -2.10. The first-order chi connectivity index (χ1) is 8.59. The molecule has 18 heavy (non-hydrogen) atoms. The lowest BCUT2D eigenvalue weighted by atomic mass is 10.3. The van der Waals surface area contributed by atoms with Crippen molar-refractivity contribution in [3.8, 4) is 0 Å². The summed E-state index contributed by atoms with van der Waals surface area (Å²) in [5.41, 5.74) is 0.664. The first kappa shape index (κ1) is 15.0. The van der Waals surface area contributed by atoms with E-state index in [9.17, 15) is 4.79 Å². The largest absolute Gasteiger partial charge is 0.325 e. The van der Waals surface area contributed by atoms with E-state index >= 15 is 0 Å². The van der Waals surface area contributed by atoms with Crippen LogP contribution in [0.4, 0.5) is 5.69 Å². The number of hydrogen-bond acceptors (Lipinski definition) is 3. The fourth-order valence-corrected chi connectivity index (χ4v) is 1.59. The second-order valence-corrected chi connectivity index (χ2v) is 4.74. The Labute approximate surface area is 113 Å². The van der Waals surface area contributed by atoms with Gasteiger partial charge in [-0.15, -0.1) is 0 Å². The third kappa shape index (κ3) is 6.00. The maximum Gasteiger partial charge on any atom is 0.225 e. The number of amides is 1. The quantitative estimate of drug-likeness (QED) is 0.742. The molecule has 0 aliphatic heterocycles. The average Bonchev–Trinajstić information content (AvgIpc) is 2.31. The molecule has 2 N–H and O–H groups in total. The summed E-state index contributed by atoms with van der Waals surface area (Å²) in [4.78, 5) is 13.7. The average molecular weight is 270 g/mol. The Kier molecular flexibility index (Phi) is 6.72. The number of anilines is 1. The Bertz CT molecular complexity index is 382. The fraction of sp³-hybridized carbons (Fsp3) is 0.462.